The molecule has 8 nitrogen and oxygen atoms in total. The third-order valence-electron chi connectivity index (χ3n) is 5.39. The van der Waals surface area contributed by atoms with E-state index in [9.17, 15) is 9.59 Å². The van der Waals surface area contributed by atoms with Gasteiger partial charge in [0.1, 0.15) is 0 Å². The predicted molar refractivity (Wildman–Crippen MR) is 90.9 cm³/mol. The van der Waals surface area contributed by atoms with Crippen LogP contribution in [-0.2, 0) is 9.59 Å². The van der Waals surface area contributed by atoms with E-state index in [0.717, 1.165) is 37.3 Å². The molecule has 2 aromatic rings. The van der Waals surface area contributed by atoms with Gasteiger partial charge in [0.2, 0.25) is 11.8 Å². The molecule has 0 bridgehead atoms. The van der Waals surface area contributed by atoms with E-state index >= 15 is 0 Å². The Morgan fingerprint density at radius 3 is 2.68 bits per heavy atom. The zero-order chi connectivity index (χ0) is 17.4. The number of carbonyl (C=O) groups is 2. The number of piperidine rings is 1. The van der Waals surface area contributed by atoms with Crippen LogP contribution in [0.3, 0.4) is 0 Å². The van der Waals surface area contributed by atoms with E-state index < -0.39 is 0 Å². The lowest BCUT2D eigenvalue weighted by molar-refractivity contribution is -0.136. The normalized spacial score (nSPS) is 22.0. The molecule has 4 heterocycles. The van der Waals surface area contributed by atoms with Crippen molar-refractivity contribution in [3.63, 3.8) is 0 Å². The van der Waals surface area contributed by atoms with Crippen LogP contribution in [0.4, 0.5) is 5.69 Å². The molecule has 4 rings (SSSR count). The van der Waals surface area contributed by atoms with Gasteiger partial charge in [-0.2, -0.15) is 10.2 Å². The number of rotatable bonds is 3. The smallest absolute Gasteiger partial charge is 0.228 e. The minimum Gasteiger partial charge on any atom is -0.342 e. The Morgan fingerprint density at radius 2 is 2.04 bits per heavy atom. The largest absolute Gasteiger partial charge is 0.342 e. The average Bonchev–Trinajstić information content (AvgIpc) is 3.35. The van der Waals surface area contributed by atoms with Gasteiger partial charge in [-0.15, -0.1) is 0 Å². The van der Waals surface area contributed by atoms with Crippen LogP contribution in [0, 0.1) is 12.8 Å². The first kappa shape index (κ1) is 15.9. The lowest BCUT2D eigenvalue weighted by Gasteiger charge is -2.33. The Labute approximate surface area is 145 Å². The molecule has 0 aromatic carbocycles. The highest BCUT2D eigenvalue weighted by atomic mass is 16.2. The number of nitrogens with zero attached hydrogens (tertiary/aromatic N) is 4. The maximum atomic E-state index is 12.8. The Morgan fingerprint density at radius 1 is 1.24 bits per heavy atom. The summed E-state index contributed by atoms with van der Waals surface area (Å²) in [4.78, 5) is 28.6. The van der Waals surface area contributed by atoms with Crippen LogP contribution in [0.5, 0.6) is 0 Å². The number of nitrogens with one attached hydrogen (secondary N) is 2. The molecule has 1 unspecified atom stereocenters. The molecule has 2 aliphatic heterocycles. The van der Waals surface area contributed by atoms with Crippen LogP contribution < -0.4 is 4.90 Å². The van der Waals surface area contributed by atoms with Crippen LogP contribution in [-0.4, -0.2) is 56.7 Å². The monoisotopic (exact) mass is 342 g/mol. The third kappa shape index (κ3) is 2.92. The van der Waals surface area contributed by atoms with Crippen molar-refractivity contribution in [2.24, 2.45) is 5.92 Å². The predicted octanol–water partition coefficient (Wildman–Crippen LogP) is 1.20. The number of hydrogen-bond acceptors (Lipinski definition) is 4. The Kier molecular flexibility index (Phi) is 4.03. The van der Waals surface area contributed by atoms with Gasteiger partial charge in [0.05, 0.1) is 24.0 Å². The number of anilines is 1. The van der Waals surface area contributed by atoms with E-state index in [1.807, 2.05) is 18.0 Å². The van der Waals surface area contributed by atoms with Gasteiger partial charge in [-0.1, -0.05) is 0 Å². The van der Waals surface area contributed by atoms with E-state index in [2.05, 4.69) is 20.4 Å². The van der Waals surface area contributed by atoms with Crippen LogP contribution >= 0.6 is 0 Å². The number of amides is 2. The molecule has 2 fully saturated rings. The van der Waals surface area contributed by atoms with Crippen LogP contribution in [0.15, 0.2) is 18.6 Å². The summed E-state index contributed by atoms with van der Waals surface area (Å²) in [5, 5.41) is 13.7. The molecule has 0 spiro atoms. The van der Waals surface area contributed by atoms with E-state index in [4.69, 9.17) is 0 Å². The number of hydrogen-bond donors (Lipinski definition) is 2. The summed E-state index contributed by atoms with van der Waals surface area (Å²) in [6, 6.07) is 0. The van der Waals surface area contributed by atoms with Crippen LogP contribution in [0.2, 0.25) is 0 Å². The van der Waals surface area contributed by atoms with Gasteiger partial charge in [0.25, 0.3) is 0 Å². The first-order valence-corrected chi connectivity index (χ1v) is 8.71. The highest BCUT2D eigenvalue weighted by Crippen LogP contribution is 2.31. The Balaban J connectivity index is 1.37. The molecule has 2 aliphatic rings. The van der Waals surface area contributed by atoms with Crippen molar-refractivity contribution in [2.75, 3.05) is 24.5 Å². The minimum absolute atomic E-state index is 0.0105. The summed E-state index contributed by atoms with van der Waals surface area (Å²) in [5.74, 6) is 0.287. The summed E-state index contributed by atoms with van der Waals surface area (Å²) in [6.07, 6.45) is 7.37. The topological polar surface area (TPSA) is 98.0 Å². The molecule has 2 aromatic heterocycles. The highest BCUT2D eigenvalue weighted by Gasteiger charge is 2.38. The van der Waals surface area contributed by atoms with Crippen molar-refractivity contribution in [3.05, 3.63) is 29.8 Å². The second-order valence-corrected chi connectivity index (χ2v) is 6.91. The van der Waals surface area contributed by atoms with E-state index in [-0.39, 0.29) is 24.2 Å². The van der Waals surface area contributed by atoms with E-state index in [1.165, 1.54) is 5.56 Å². The van der Waals surface area contributed by atoms with Crippen molar-refractivity contribution in [1.29, 1.82) is 0 Å². The zero-order valence-electron chi connectivity index (χ0n) is 14.2. The van der Waals surface area contributed by atoms with Crippen molar-refractivity contribution < 1.29 is 9.59 Å². The average molecular weight is 342 g/mol. The lowest BCUT2D eigenvalue weighted by Crippen LogP contribution is -2.42. The first-order valence-electron chi connectivity index (χ1n) is 8.71. The summed E-state index contributed by atoms with van der Waals surface area (Å²) >= 11 is 0. The summed E-state index contributed by atoms with van der Waals surface area (Å²) in [7, 11) is 0. The molecular weight excluding hydrogens is 320 g/mol. The fourth-order valence-corrected chi connectivity index (χ4v) is 3.95. The number of aromatic nitrogens is 4. The molecule has 25 heavy (non-hydrogen) atoms. The van der Waals surface area contributed by atoms with E-state index in [0.29, 0.717) is 12.5 Å². The zero-order valence-corrected chi connectivity index (χ0v) is 14.2. The minimum atomic E-state index is -0.255. The molecule has 0 saturated carbocycles. The fraction of sp³-hybridized carbons (Fsp3) is 0.529. The Hall–Kier alpha value is -2.64. The lowest BCUT2D eigenvalue weighted by atomic mass is 9.89. The van der Waals surface area contributed by atoms with Crippen molar-refractivity contribution in [3.8, 4) is 0 Å². The molecule has 2 saturated heterocycles. The number of aryl methyl sites for hydroxylation is 1. The van der Waals surface area contributed by atoms with Gasteiger partial charge < -0.3 is 9.80 Å². The van der Waals surface area contributed by atoms with Gasteiger partial charge in [0.15, 0.2) is 0 Å². The molecule has 0 radical (unpaired) electrons. The van der Waals surface area contributed by atoms with Gasteiger partial charge in [-0.05, 0) is 31.2 Å². The standard InChI is InChI=1S/C17H22N6O2/c1-11-15(9-20-21-11)12-2-4-22(5-3-12)17(25)13-6-16(24)23(10-13)14-7-18-19-8-14/h7-9,12-13H,2-6,10H2,1H3,(H,18,19)(H,20,21). The summed E-state index contributed by atoms with van der Waals surface area (Å²) in [6.45, 7) is 3.96. The van der Waals surface area contributed by atoms with Crippen LogP contribution in [0.1, 0.15) is 36.4 Å². The second kappa shape index (κ2) is 6.34. The fourth-order valence-electron chi connectivity index (χ4n) is 3.95. The molecular formula is C17H22N6O2. The van der Waals surface area contributed by atoms with Crippen molar-refractivity contribution >= 4 is 17.5 Å². The molecule has 1 atom stereocenters. The Bertz CT molecular complexity index is 760. The SMILES string of the molecule is Cc1[nH]ncc1C1CCN(C(=O)C2CC(=O)N(c3cn[nH]c3)C2)CC1. The molecule has 8 heteroatoms. The summed E-state index contributed by atoms with van der Waals surface area (Å²) in [5.41, 5.74) is 3.10. The maximum Gasteiger partial charge on any atom is 0.228 e. The van der Waals surface area contributed by atoms with Crippen LogP contribution in [0.25, 0.3) is 0 Å². The molecule has 132 valence electrons. The van der Waals surface area contributed by atoms with Gasteiger partial charge in [-0.25, -0.2) is 0 Å². The first-order chi connectivity index (χ1) is 12.1. The van der Waals surface area contributed by atoms with Gasteiger partial charge in [0, 0.05) is 37.9 Å². The molecule has 0 aliphatic carbocycles. The third-order valence-corrected chi connectivity index (χ3v) is 5.39. The number of carbonyl (C=O) groups excluding carboxylic acids is 2. The number of H-pyrrole nitrogens is 2. The number of aromatic amines is 2. The summed E-state index contributed by atoms with van der Waals surface area (Å²) < 4.78 is 0. The van der Waals surface area contributed by atoms with E-state index in [1.54, 1.807) is 17.3 Å². The number of likely N-dealkylation sites (tertiary alicyclic amines) is 1. The molecule has 2 amide bonds. The van der Waals surface area contributed by atoms with Gasteiger partial charge in [-0.3, -0.25) is 19.8 Å². The maximum absolute atomic E-state index is 12.8. The van der Waals surface area contributed by atoms with Gasteiger partial charge >= 0.3 is 0 Å². The quantitative estimate of drug-likeness (QED) is 0.876. The highest BCUT2D eigenvalue weighted by molar-refractivity contribution is 6.00. The second-order valence-electron chi connectivity index (χ2n) is 6.91. The van der Waals surface area contributed by atoms with Crippen molar-refractivity contribution in [2.45, 2.75) is 32.1 Å². The molecule has 2 N–H and O–H groups in total. The van der Waals surface area contributed by atoms with Crippen molar-refractivity contribution in [1.82, 2.24) is 25.3 Å².